The van der Waals surface area contributed by atoms with Crippen LogP contribution in [0.4, 0.5) is 0 Å². The molecule has 0 spiro atoms. The number of aliphatic hydroxyl groups excluding tert-OH is 2. The van der Waals surface area contributed by atoms with Gasteiger partial charge in [0.25, 0.3) is 0 Å². The highest BCUT2D eigenvalue weighted by atomic mass is 79.9. The van der Waals surface area contributed by atoms with Gasteiger partial charge in [-0.25, -0.2) is 0 Å². The maximum absolute atomic E-state index is 7.57. The van der Waals surface area contributed by atoms with Gasteiger partial charge < -0.3 is 16.4 Å². The number of halogens is 1. The topological polar surface area (TPSA) is 75.5 Å². The first-order valence-corrected chi connectivity index (χ1v) is 4.01. The Morgan fingerprint density at radius 2 is 1.00 bits per heavy atom. The Kier molecular flexibility index (Phi) is 206. The van der Waals surface area contributed by atoms with Crippen molar-refractivity contribution in [2.24, 2.45) is 0 Å². The standard InChI is InChI=1S/2C2H6O.CH3Br.H3N/c2*1-2-3;1-2;/h2*3H,2H2,1H3;1H3;1H3. The van der Waals surface area contributed by atoms with Crippen LogP contribution in [0.25, 0.3) is 0 Å². The van der Waals surface area contributed by atoms with Gasteiger partial charge in [0.15, 0.2) is 0 Å². The lowest BCUT2D eigenvalue weighted by atomic mass is 10.9. The summed E-state index contributed by atoms with van der Waals surface area (Å²) >= 11 is 2.94. The Hall–Kier alpha value is 0.360. The van der Waals surface area contributed by atoms with E-state index in [1.54, 1.807) is 13.8 Å². The molecule has 0 atom stereocenters. The van der Waals surface area contributed by atoms with Crippen LogP contribution in [0.2, 0.25) is 0 Å². The molecule has 5 N–H and O–H groups in total. The molecule has 0 amide bonds. The van der Waals surface area contributed by atoms with Crippen LogP contribution in [-0.4, -0.2) is 29.3 Å². The van der Waals surface area contributed by atoms with Gasteiger partial charge in [0.05, 0.1) is 0 Å². The molecular weight excluding hydrogens is 186 g/mol. The van der Waals surface area contributed by atoms with Crippen LogP contribution >= 0.6 is 15.9 Å². The normalized spacial score (nSPS) is 4.67. The second-order valence-corrected chi connectivity index (χ2v) is 0.632. The molecule has 62 valence electrons. The third kappa shape index (κ3) is 2610. The van der Waals surface area contributed by atoms with E-state index in [-0.39, 0.29) is 19.4 Å². The van der Waals surface area contributed by atoms with E-state index < -0.39 is 0 Å². The maximum Gasteiger partial charge on any atom is 0.0402 e. The van der Waals surface area contributed by atoms with E-state index in [2.05, 4.69) is 15.9 Å². The van der Waals surface area contributed by atoms with Gasteiger partial charge in [-0.1, -0.05) is 15.9 Å². The maximum atomic E-state index is 7.57. The van der Waals surface area contributed by atoms with Crippen LogP contribution in [-0.2, 0) is 0 Å². The van der Waals surface area contributed by atoms with Crippen molar-refractivity contribution in [3.05, 3.63) is 0 Å². The largest absolute Gasteiger partial charge is 0.397 e. The highest BCUT2D eigenvalue weighted by Crippen LogP contribution is 1.45. The molecule has 0 saturated heterocycles. The zero-order valence-corrected chi connectivity index (χ0v) is 7.98. The van der Waals surface area contributed by atoms with Gasteiger partial charge in [0, 0.05) is 13.2 Å². The van der Waals surface area contributed by atoms with Crippen molar-refractivity contribution in [1.82, 2.24) is 6.15 Å². The molecule has 0 rings (SSSR count). The molecule has 0 aliphatic rings. The Labute approximate surface area is 65.8 Å². The summed E-state index contributed by atoms with van der Waals surface area (Å²) in [5.74, 6) is 1.81. The van der Waals surface area contributed by atoms with Crippen molar-refractivity contribution in [3.63, 3.8) is 0 Å². The summed E-state index contributed by atoms with van der Waals surface area (Å²) in [4.78, 5) is 0. The lowest BCUT2D eigenvalue weighted by Gasteiger charge is -1.52. The molecule has 0 heterocycles. The summed E-state index contributed by atoms with van der Waals surface area (Å²) in [7, 11) is 0. The predicted octanol–water partition coefficient (Wildman–Crippen LogP) is 1.17. The quantitative estimate of drug-likeness (QED) is 0.518. The highest BCUT2D eigenvalue weighted by molar-refractivity contribution is 9.08. The predicted molar refractivity (Wildman–Crippen MR) is 45.4 cm³/mol. The first kappa shape index (κ1) is 22.8. The lowest BCUT2D eigenvalue weighted by molar-refractivity contribution is 0.318. The van der Waals surface area contributed by atoms with Gasteiger partial charge in [-0.15, -0.1) is 0 Å². The van der Waals surface area contributed by atoms with Crippen LogP contribution < -0.4 is 6.15 Å². The second-order valence-electron chi connectivity index (χ2n) is 0.632. The number of rotatable bonds is 0. The van der Waals surface area contributed by atoms with E-state index in [1.807, 2.05) is 5.83 Å². The zero-order valence-electron chi connectivity index (χ0n) is 6.39. The van der Waals surface area contributed by atoms with Crippen LogP contribution in [0.5, 0.6) is 0 Å². The summed E-state index contributed by atoms with van der Waals surface area (Å²) in [6, 6.07) is 0. The monoisotopic (exact) mass is 203 g/mol. The Morgan fingerprint density at radius 1 is 1.00 bits per heavy atom. The Bertz CT molecular complexity index is 16.9. The molecule has 4 heteroatoms. The van der Waals surface area contributed by atoms with Gasteiger partial charge in [0.2, 0.25) is 0 Å². The highest BCUT2D eigenvalue weighted by Gasteiger charge is 1.34. The number of hydrogen-bond acceptors (Lipinski definition) is 3. The van der Waals surface area contributed by atoms with E-state index in [1.165, 1.54) is 0 Å². The van der Waals surface area contributed by atoms with Crippen LogP contribution in [0.3, 0.4) is 0 Å². The molecule has 0 aromatic carbocycles. The van der Waals surface area contributed by atoms with Crippen LogP contribution in [0.15, 0.2) is 0 Å². The fourth-order valence-corrected chi connectivity index (χ4v) is 0. The smallest absolute Gasteiger partial charge is 0.0402 e. The van der Waals surface area contributed by atoms with Gasteiger partial charge in [-0.05, 0) is 19.7 Å². The third-order valence-corrected chi connectivity index (χ3v) is 0. The zero-order chi connectivity index (χ0) is 7.41. The molecule has 0 aromatic heterocycles. The minimum absolute atomic E-state index is 0. The van der Waals surface area contributed by atoms with Crippen molar-refractivity contribution in [1.29, 1.82) is 0 Å². The first-order chi connectivity index (χ1) is 3.83. The van der Waals surface area contributed by atoms with Crippen LogP contribution in [0, 0.1) is 0 Å². The number of aliphatic hydroxyl groups is 2. The van der Waals surface area contributed by atoms with Gasteiger partial charge in [0.1, 0.15) is 0 Å². The number of alkyl halides is 1. The molecule has 3 nitrogen and oxygen atoms in total. The molecule has 0 aliphatic heterocycles. The summed E-state index contributed by atoms with van der Waals surface area (Å²) in [6.07, 6.45) is 0. The fourth-order valence-electron chi connectivity index (χ4n) is 0. The molecule has 0 fully saturated rings. The third-order valence-electron chi connectivity index (χ3n) is 0. The fraction of sp³-hybridized carbons (Fsp3) is 1.00. The molecule has 0 radical (unpaired) electrons. The van der Waals surface area contributed by atoms with E-state index in [4.69, 9.17) is 10.2 Å². The lowest BCUT2D eigenvalue weighted by Crippen LogP contribution is -1.57. The minimum atomic E-state index is 0. The van der Waals surface area contributed by atoms with E-state index in [9.17, 15) is 0 Å². The molecule has 0 unspecified atom stereocenters. The molecule has 0 aromatic rings. The number of hydrogen-bond donors (Lipinski definition) is 3. The van der Waals surface area contributed by atoms with Crippen molar-refractivity contribution < 1.29 is 10.2 Å². The van der Waals surface area contributed by atoms with E-state index in [0.717, 1.165) is 0 Å². The van der Waals surface area contributed by atoms with Crippen molar-refractivity contribution in [2.75, 3.05) is 19.0 Å². The molecule has 9 heavy (non-hydrogen) atoms. The summed E-state index contributed by atoms with van der Waals surface area (Å²) < 4.78 is 0. The first-order valence-electron chi connectivity index (χ1n) is 2.42. The molecule has 0 bridgehead atoms. The summed E-state index contributed by atoms with van der Waals surface area (Å²) in [5, 5.41) is 15.1. The van der Waals surface area contributed by atoms with Crippen molar-refractivity contribution in [3.8, 4) is 0 Å². The van der Waals surface area contributed by atoms with E-state index in [0.29, 0.717) is 0 Å². The average Bonchev–Trinajstić information content (AvgIpc) is 1.75. The van der Waals surface area contributed by atoms with Gasteiger partial charge in [-0.3, -0.25) is 0 Å². The molecule has 0 saturated carbocycles. The second kappa shape index (κ2) is 81.3. The minimum Gasteiger partial charge on any atom is -0.397 e. The van der Waals surface area contributed by atoms with Crippen molar-refractivity contribution >= 4 is 15.9 Å². The Balaban J connectivity index is -0.0000000202. The van der Waals surface area contributed by atoms with E-state index >= 15 is 0 Å². The average molecular weight is 204 g/mol. The summed E-state index contributed by atoms with van der Waals surface area (Å²) in [5.41, 5.74) is 0. The van der Waals surface area contributed by atoms with Crippen molar-refractivity contribution in [2.45, 2.75) is 13.8 Å². The van der Waals surface area contributed by atoms with Crippen LogP contribution in [0.1, 0.15) is 13.8 Å². The molecule has 0 aliphatic carbocycles. The van der Waals surface area contributed by atoms with Gasteiger partial charge >= 0.3 is 0 Å². The summed E-state index contributed by atoms with van der Waals surface area (Å²) in [6.45, 7) is 3.86. The molecular formula is C5H18BrNO2. The SMILES string of the molecule is CBr.CCO.CCO.N. The van der Waals surface area contributed by atoms with Gasteiger partial charge in [-0.2, -0.15) is 0 Å². The Morgan fingerprint density at radius 3 is 1.00 bits per heavy atom.